The van der Waals surface area contributed by atoms with E-state index in [1.54, 1.807) is 18.2 Å². The van der Waals surface area contributed by atoms with E-state index in [1.807, 2.05) is 0 Å². The topological polar surface area (TPSA) is 49.4 Å². The van der Waals surface area contributed by atoms with Crippen molar-refractivity contribution in [1.82, 2.24) is 10.2 Å². The number of amides is 2. The molecule has 1 aliphatic carbocycles. The molecule has 0 aliphatic heterocycles. The summed E-state index contributed by atoms with van der Waals surface area (Å²) in [4.78, 5) is 25.1. The van der Waals surface area contributed by atoms with Gasteiger partial charge in [-0.25, -0.2) is 4.39 Å². The lowest BCUT2D eigenvalue weighted by atomic mass is 10.2. The molecule has 1 fully saturated rings. The summed E-state index contributed by atoms with van der Waals surface area (Å²) in [6.45, 7) is 1.94. The molecule has 1 N–H and O–H groups in total. The Morgan fingerprint density at radius 1 is 1.27 bits per heavy atom. The molecule has 0 spiro atoms. The third kappa shape index (κ3) is 4.83. The highest BCUT2D eigenvalue weighted by atomic mass is 19.1. The summed E-state index contributed by atoms with van der Waals surface area (Å²) < 4.78 is 13.7. The Kier molecular flexibility index (Phi) is 5.92. The highest BCUT2D eigenvalue weighted by molar-refractivity contribution is 5.78. The van der Waals surface area contributed by atoms with E-state index in [0.717, 1.165) is 25.7 Å². The number of carbonyl (C=O) groups excluding carboxylic acids is 2. The van der Waals surface area contributed by atoms with Crippen LogP contribution in [0.4, 0.5) is 4.39 Å². The zero-order valence-corrected chi connectivity index (χ0v) is 13.0. The molecule has 1 aromatic carbocycles. The number of hydrogen-bond acceptors (Lipinski definition) is 2. The van der Waals surface area contributed by atoms with Crippen LogP contribution in [0, 0.1) is 5.82 Å². The maximum atomic E-state index is 13.7. The highest BCUT2D eigenvalue weighted by Gasteiger charge is 2.18. The predicted molar refractivity (Wildman–Crippen MR) is 82.5 cm³/mol. The molecule has 0 heterocycles. The van der Waals surface area contributed by atoms with Gasteiger partial charge in [-0.3, -0.25) is 9.59 Å². The third-order valence-corrected chi connectivity index (χ3v) is 4.09. The molecule has 2 amide bonds. The summed E-state index contributed by atoms with van der Waals surface area (Å²) in [5, 5.41) is 3.00. The molecule has 1 saturated carbocycles. The molecule has 0 atom stereocenters. The summed E-state index contributed by atoms with van der Waals surface area (Å²) in [6, 6.07) is 6.67. The third-order valence-electron chi connectivity index (χ3n) is 4.09. The smallest absolute Gasteiger partial charge is 0.221 e. The number of nitrogens with one attached hydrogen (secondary N) is 1. The van der Waals surface area contributed by atoms with Gasteiger partial charge in [-0.05, 0) is 18.9 Å². The average Bonchev–Trinajstić information content (AvgIpc) is 2.97. The lowest BCUT2D eigenvalue weighted by Crippen LogP contribution is -2.37. The number of hydrogen-bond donors (Lipinski definition) is 1. The first kappa shape index (κ1) is 16.5. The van der Waals surface area contributed by atoms with Crippen LogP contribution < -0.4 is 5.32 Å². The van der Waals surface area contributed by atoms with Gasteiger partial charge >= 0.3 is 0 Å². The Labute approximate surface area is 130 Å². The van der Waals surface area contributed by atoms with Gasteiger partial charge in [0, 0.05) is 38.0 Å². The Hall–Kier alpha value is -1.91. The minimum absolute atomic E-state index is 0.0355. The van der Waals surface area contributed by atoms with Gasteiger partial charge in [0.2, 0.25) is 11.8 Å². The molecule has 4 nitrogen and oxygen atoms in total. The van der Waals surface area contributed by atoms with Gasteiger partial charge in [0.25, 0.3) is 0 Å². The van der Waals surface area contributed by atoms with E-state index < -0.39 is 0 Å². The maximum absolute atomic E-state index is 13.7. The first-order valence-electron chi connectivity index (χ1n) is 7.84. The van der Waals surface area contributed by atoms with Gasteiger partial charge in [-0.1, -0.05) is 31.0 Å². The van der Waals surface area contributed by atoms with Crippen molar-refractivity contribution in [3.05, 3.63) is 35.6 Å². The van der Waals surface area contributed by atoms with Crippen LogP contribution in [0.25, 0.3) is 0 Å². The van der Waals surface area contributed by atoms with Crippen LogP contribution in [-0.2, 0) is 16.1 Å². The fourth-order valence-electron chi connectivity index (χ4n) is 2.79. The van der Waals surface area contributed by atoms with E-state index in [-0.39, 0.29) is 36.6 Å². The number of carbonyl (C=O) groups is 2. The van der Waals surface area contributed by atoms with Gasteiger partial charge < -0.3 is 10.2 Å². The average molecular weight is 306 g/mol. The van der Waals surface area contributed by atoms with Crippen LogP contribution in [0.15, 0.2) is 24.3 Å². The normalized spacial score (nSPS) is 14.8. The highest BCUT2D eigenvalue weighted by Crippen LogP contribution is 2.17. The van der Waals surface area contributed by atoms with Crippen molar-refractivity contribution < 1.29 is 14.0 Å². The van der Waals surface area contributed by atoms with Crippen molar-refractivity contribution in [3.63, 3.8) is 0 Å². The summed E-state index contributed by atoms with van der Waals surface area (Å²) in [7, 11) is 0. The van der Waals surface area contributed by atoms with Crippen molar-refractivity contribution in [3.8, 4) is 0 Å². The molecule has 0 bridgehead atoms. The molecule has 0 unspecified atom stereocenters. The fourth-order valence-corrected chi connectivity index (χ4v) is 2.79. The minimum atomic E-state index is -0.329. The standard InChI is InChI=1S/C17H23FN2O2/c1-13(21)20(12-14-6-2-5-9-16(14)18)11-10-17(22)19-15-7-3-4-8-15/h2,5-6,9,15H,3-4,7-8,10-12H2,1H3,(H,19,22). The number of nitrogens with zero attached hydrogens (tertiary/aromatic N) is 1. The Balaban J connectivity index is 1.85. The molecule has 0 radical (unpaired) electrons. The molecule has 2 rings (SSSR count). The van der Waals surface area contributed by atoms with E-state index in [4.69, 9.17) is 0 Å². The second kappa shape index (κ2) is 7.92. The summed E-state index contributed by atoms with van der Waals surface area (Å²) >= 11 is 0. The van der Waals surface area contributed by atoms with Crippen LogP contribution >= 0.6 is 0 Å². The second-order valence-corrected chi connectivity index (χ2v) is 5.83. The second-order valence-electron chi connectivity index (χ2n) is 5.83. The Morgan fingerprint density at radius 3 is 2.59 bits per heavy atom. The molecule has 0 aromatic heterocycles. The van der Waals surface area contributed by atoms with Crippen molar-refractivity contribution in [2.75, 3.05) is 6.54 Å². The molecule has 1 aliphatic rings. The maximum Gasteiger partial charge on any atom is 0.221 e. The first-order valence-corrected chi connectivity index (χ1v) is 7.84. The predicted octanol–water partition coefficient (Wildman–Crippen LogP) is 2.62. The van der Waals surface area contributed by atoms with Crippen molar-refractivity contribution in [1.29, 1.82) is 0 Å². The van der Waals surface area contributed by atoms with Gasteiger partial charge in [0.15, 0.2) is 0 Å². The molecular formula is C17H23FN2O2. The van der Waals surface area contributed by atoms with E-state index in [1.165, 1.54) is 17.9 Å². The molecule has 0 saturated heterocycles. The van der Waals surface area contributed by atoms with Crippen LogP contribution in [0.5, 0.6) is 0 Å². The van der Waals surface area contributed by atoms with Crippen molar-refractivity contribution in [2.24, 2.45) is 0 Å². The number of halogens is 1. The lowest BCUT2D eigenvalue weighted by Gasteiger charge is -2.22. The number of rotatable bonds is 6. The molecule has 22 heavy (non-hydrogen) atoms. The van der Waals surface area contributed by atoms with Crippen LogP contribution in [-0.4, -0.2) is 29.3 Å². The van der Waals surface area contributed by atoms with E-state index >= 15 is 0 Å². The van der Waals surface area contributed by atoms with Crippen molar-refractivity contribution >= 4 is 11.8 Å². The number of benzene rings is 1. The zero-order valence-electron chi connectivity index (χ0n) is 13.0. The first-order chi connectivity index (χ1) is 10.6. The van der Waals surface area contributed by atoms with E-state index in [0.29, 0.717) is 12.1 Å². The van der Waals surface area contributed by atoms with Gasteiger partial charge in [0.05, 0.1) is 0 Å². The molecule has 1 aromatic rings. The summed E-state index contributed by atoms with van der Waals surface area (Å²) in [6.07, 6.45) is 4.66. The van der Waals surface area contributed by atoms with Gasteiger partial charge in [-0.15, -0.1) is 0 Å². The SMILES string of the molecule is CC(=O)N(CCC(=O)NC1CCCC1)Cc1ccccc1F. The van der Waals surface area contributed by atoms with Crippen LogP contribution in [0.2, 0.25) is 0 Å². The fraction of sp³-hybridized carbons (Fsp3) is 0.529. The lowest BCUT2D eigenvalue weighted by molar-refractivity contribution is -0.130. The van der Waals surface area contributed by atoms with Crippen LogP contribution in [0.3, 0.4) is 0 Å². The molecule has 120 valence electrons. The van der Waals surface area contributed by atoms with E-state index in [9.17, 15) is 14.0 Å². The van der Waals surface area contributed by atoms with E-state index in [2.05, 4.69) is 5.32 Å². The Morgan fingerprint density at radius 2 is 1.95 bits per heavy atom. The van der Waals surface area contributed by atoms with Gasteiger partial charge in [-0.2, -0.15) is 0 Å². The van der Waals surface area contributed by atoms with Gasteiger partial charge in [0.1, 0.15) is 5.82 Å². The minimum Gasteiger partial charge on any atom is -0.353 e. The monoisotopic (exact) mass is 306 g/mol. The zero-order chi connectivity index (χ0) is 15.9. The molecule has 5 heteroatoms. The van der Waals surface area contributed by atoms with Crippen LogP contribution in [0.1, 0.15) is 44.6 Å². The molecular weight excluding hydrogens is 283 g/mol. The summed E-state index contributed by atoms with van der Waals surface area (Å²) in [5.74, 6) is -0.521. The Bertz CT molecular complexity index is 527. The summed E-state index contributed by atoms with van der Waals surface area (Å²) in [5.41, 5.74) is 0.467. The van der Waals surface area contributed by atoms with Crippen molar-refractivity contribution in [2.45, 2.75) is 51.6 Å². The quantitative estimate of drug-likeness (QED) is 0.878. The largest absolute Gasteiger partial charge is 0.353 e.